The number of nitrogens with one attached hydrogen (secondary N) is 2. The number of aliphatic hydroxyl groups is 1. The molecule has 1 aromatic heterocycles. The number of urea groups is 1. The summed E-state index contributed by atoms with van der Waals surface area (Å²) in [5, 5.41) is 14.6. The highest BCUT2D eigenvalue weighted by molar-refractivity contribution is 5.88. The molecular weight excluding hydrogens is 459 g/mol. The normalized spacial score (nSPS) is 19.4. The molecule has 7 nitrogen and oxygen atoms in total. The lowest BCUT2D eigenvalue weighted by Crippen LogP contribution is -2.57. The second kappa shape index (κ2) is 10.1. The summed E-state index contributed by atoms with van der Waals surface area (Å²) >= 11 is 0. The SMILES string of the molecule is CCCNC(=O)N1CC2(CCN(Cc3cccc(F)c3)CC2)c2c([nH]c3cc(OC)ccc23)[C@H]1CO. The van der Waals surface area contributed by atoms with Gasteiger partial charge in [-0.2, -0.15) is 0 Å². The summed E-state index contributed by atoms with van der Waals surface area (Å²) in [5.74, 6) is 0.550. The number of ether oxygens (including phenoxy) is 1. The van der Waals surface area contributed by atoms with Gasteiger partial charge in [-0.15, -0.1) is 0 Å². The van der Waals surface area contributed by atoms with Crippen LogP contribution in [0.3, 0.4) is 0 Å². The maximum Gasteiger partial charge on any atom is 0.318 e. The van der Waals surface area contributed by atoms with E-state index in [1.165, 1.54) is 11.6 Å². The molecular formula is C28H35FN4O3. The number of piperidine rings is 1. The number of aromatic amines is 1. The van der Waals surface area contributed by atoms with Crippen LogP contribution in [0.5, 0.6) is 5.75 Å². The molecule has 3 N–H and O–H groups in total. The Morgan fingerprint density at radius 3 is 2.75 bits per heavy atom. The van der Waals surface area contributed by atoms with Crippen molar-refractivity contribution in [2.45, 2.75) is 44.2 Å². The number of H-pyrrole nitrogens is 1. The standard InChI is InChI=1S/C28H35FN4O3/c1-3-11-30-27(35)33-18-28(9-12-32(13-10-28)16-19-5-4-6-20(29)14-19)25-22-8-7-21(36-2)15-23(22)31-26(25)24(33)17-34/h4-8,14-15,24,31,34H,3,9-13,16-18H2,1-2H3,(H,30,35)/t24-/m1/s1. The first kappa shape index (κ1) is 24.6. The highest BCUT2D eigenvalue weighted by Crippen LogP contribution is 2.49. The number of rotatable bonds is 6. The van der Waals surface area contributed by atoms with Crippen molar-refractivity contribution in [3.63, 3.8) is 0 Å². The number of nitrogens with zero attached hydrogens (tertiary/aromatic N) is 2. The first-order chi connectivity index (χ1) is 17.5. The highest BCUT2D eigenvalue weighted by Gasteiger charge is 2.48. The van der Waals surface area contributed by atoms with Crippen LogP contribution < -0.4 is 10.1 Å². The van der Waals surface area contributed by atoms with Gasteiger partial charge in [0.15, 0.2) is 0 Å². The molecule has 2 aliphatic heterocycles. The number of halogens is 1. The molecule has 0 saturated carbocycles. The van der Waals surface area contributed by atoms with Crippen LogP contribution in [0, 0.1) is 5.82 Å². The van der Waals surface area contributed by atoms with E-state index in [2.05, 4.69) is 21.3 Å². The molecule has 0 aliphatic carbocycles. The lowest BCUT2D eigenvalue weighted by Gasteiger charge is -2.50. The third-order valence-electron chi connectivity index (χ3n) is 7.82. The fourth-order valence-electron chi connectivity index (χ4n) is 5.99. The molecule has 2 aromatic carbocycles. The second-order valence-electron chi connectivity index (χ2n) is 10.1. The Morgan fingerprint density at radius 1 is 1.25 bits per heavy atom. The van der Waals surface area contributed by atoms with Crippen molar-refractivity contribution in [3.05, 3.63) is 65.1 Å². The zero-order valence-corrected chi connectivity index (χ0v) is 21.0. The smallest absolute Gasteiger partial charge is 0.318 e. The molecule has 3 aromatic rings. The van der Waals surface area contributed by atoms with Gasteiger partial charge in [-0.25, -0.2) is 9.18 Å². The topological polar surface area (TPSA) is 80.8 Å². The van der Waals surface area contributed by atoms with E-state index < -0.39 is 6.04 Å². The molecule has 192 valence electrons. The van der Waals surface area contributed by atoms with Crippen molar-refractivity contribution in [1.82, 2.24) is 20.1 Å². The average Bonchev–Trinajstić information content (AvgIpc) is 3.28. The molecule has 1 spiro atoms. The number of carbonyl (C=O) groups is 1. The minimum absolute atomic E-state index is 0.139. The van der Waals surface area contributed by atoms with Gasteiger partial charge in [0.05, 0.1) is 19.8 Å². The van der Waals surface area contributed by atoms with Crippen LogP contribution in [0.25, 0.3) is 10.9 Å². The Labute approximate surface area is 211 Å². The summed E-state index contributed by atoms with van der Waals surface area (Å²) in [6.07, 6.45) is 2.58. The van der Waals surface area contributed by atoms with Crippen molar-refractivity contribution in [1.29, 1.82) is 0 Å². The molecule has 36 heavy (non-hydrogen) atoms. The maximum absolute atomic E-state index is 13.7. The predicted molar refractivity (Wildman–Crippen MR) is 138 cm³/mol. The van der Waals surface area contributed by atoms with E-state index >= 15 is 0 Å². The van der Waals surface area contributed by atoms with Crippen molar-refractivity contribution < 1.29 is 19.0 Å². The molecule has 0 bridgehead atoms. The molecule has 2 amide bonds. The Bertz CT molecular complexity index is 1230. The Hall–Kier alpha value is -3.10. The van der Waals surface area contributed by atoms with Gasteiger partial charge < -0.3 is 25.0 Å². The summed E-state index contributed by atoms with van der Waals surface area (Å²) in [6, 6.07) is 12.3. The predicted octanol–water partition coefficient (Wildman–Crippen LogP) is 4.32. The van der Waals surface area contributed by atoms with Gasteiger partial charge in [-0.1, -0.05) is 19.1 Å². The molecule has 3 heterocycles. The number of likely N-dealkylation sites (tertiary alicyclic amines) is 1. The van der Waals surface area contributed by atoms with Crippen LogP contribution in [0.2, 0.25) is 0 Å². The van der Waals surface area contributed by atoms with Crippen molar-refractivity contribution >= 4 is 16.9 Å². The molecule has 1 fully saturated rings. The van der Waals surface area contributed by atoms with Crippen LogP contribution in [0.15, 0.2) is 42.5 Å². The lowest BCUT2D eigenvalue weighted by atomic mass is 9.68. The van der Waals surface area contributed by atoms with Gasteiger partial charge in [0.25, 0.3) is 0 Å². The van der Waals surface area contributed by atoms with E-state index in [0.29, 0.717) is 19.6 Å². The molecule has 2 aliphatic rings. The lowest BCUT2D eigenvalue weighted by molar-refractivity contribution is 0.0663. The first-order valence-electron chi connectivity index (χ1n) is 12.8. The second-order valence-corrected chi connectivity index (χ2v) is 10.1. The van der Waals surface area contributed by atoms with Crippen LogP contribution in [-0.2, 0) is 12.0 Å². The molecule has 1 saturated heterocycles. The van der Waals surface area contributed by atoms with Gasteiger partial charge in [0.2, 0.25) is 0 Å². The van der Waals surface area contributed by atoms with E-state index in [0.717, 1.165) is 60.3 Å². The zero-order valence-electron chi connectivity index (χ0n) is 21.0. The average molecular weight is 495 g/mol. The number of aromatic nitrogens is 1. The summed E-state index contributed by atoms with van der Waals surface area (Å²) in [7, 11) is 1.65. The van der Waals surface area contributed by atoms with Gasteiger partial charge in [0, 0.05) is 47.7 Å². The zero-order chi connectivity index (χ0) is 25.3. The third-order valence-corrected chi connectivity index (χ3v) is 7.82. The van der Waals surface area contributed by atoms with Crippen molar-refractivity contribution in [2.24, 2.45) is 0 Å². The number of fused-ring (bicyclic) bond motifs is 4. The Morgan fingerprint density at radius 2 is 2.06 bits per heavy atom. The van der Waals surface area contributed by atoms with Gasteiger partial charge in [-0.3, -0.25) is 4.90 Å². The largest absolute Gasteiger partial charge is 0.497 e. The maximum atomic E-state index is 13.7. The number of carbonyl (C=O) groups excluding carboxylic acids is 1. The monoisotopic (exact) mass is 494 g/mol. The van der Waals surface area contributed by atoms with Crippen LogP contribution in [-0.4, -0.2) is 65.8 Å². The van der Waals surface area contributed by atoms with E-state index in [4.69, 9.17) is 4.74 Å². The Kier molecular flexibility index (Phi) is 6.90. The number of benzene rings is 2. The van der Waals surface area contributed by atoms with Crippen LogP contribution >= 0.6 is 0 Å². The number of hydrogen-bond donors (Lipinski definition) is 3. The first-order valence-corrected chi connectivity index (χ1v) is 12.8. The highest BCUT2D eigenvalue weighted by atomic mass is 19.1. The van der Waals surface area contributed by atoms with E-state index in [1.54, 1.807) is 19.2 Å². The quantitative estimate of drug-likeness (QED) is 0.477. The van der Waals surface area contributed by atoms with Gasteiger partial charge in [0.1, 0.15) is 11.6 Å². The molecule has 5 rings (SSSR count). The molecule has 8 heteroatoms. The van der Waals surface area contributed by atoms with Gasteiger partial charge in [-0.05, 0) is 67.7 Å². The third kappa shape index (κ3) is 4.44. The van der Waals surface area contributed by atoms with E-state index in [-0.39, 0.29) is 23.9 Å². The number of methoxy groups -OCH3 is 1. The Balaban J connectivity index is 1.50. The summed E-state index contributed by atoms with van der Waals surface area (Å²) < 4.78 is 19.2. The molecule has 1 atom stereocenters. The minimum Gasteiger partial charge on any atom is -0.497 e. The van der Waals surface area contributed by atoms with Gasteiger partial charge >= 0.3 is 6.03 Å². The van der Waals surface area contributed by atoms with Crippen molar-refractivity contribution in [2.75, 3.05) is 39.9 Å². The number of amides is 2. The number of aliphatic hydroxyl groups excluding tert-OH is 1. The summed E-state index contributed by atoms with van der Waals surface area (Å²) in [6.45, 7) is 5.40. The molecule has 0 unspecified atom stereocenters. The fraction of sp³-hybridized carbons (Fsp3) is 0.464. The van der Waals surface area contributed by atoms with Crippen LogP contribution in [0.1, 0.15) is 49.0 Å². The number of hydrogen-bond acceptors (Lipinski definition) is 4. The summed E-state index contributed by atoms with van der Waals surface area (Å²) in [4.78, 5) is 21.0. The van der Waals surface area contributed by atoms with E-state index in [1.807, 2.05) is 30.0 Å². The van der Waals surface area contributed by atoms with Crippen LogP contribution in [0.4, 0.5) is 9.18 Å². The van der Waals surface area contributed by atoms with Crippen molar-refractivity contribution in [3.8, 4) is 5.75 Å². The van der Waals surface area contributed by atoms with E-state index in [9.17, 15) is 14.3 Å². The fourth-order valence-corrected chi connectivity index (χ4v) is 5.99. The molecule has 0 radical (unpaired) electrons. The minimum atomic E-state index is -0.439. The summed E-state index contributed by atoms with van der Waals surface area (Å²) in [5.41, 5.74) is 3.81.